The van der Waals surface area contributed by atoms with Gasteiger partial charge in [0.05, 0.1) is 40.7 Å². The zero-order valence-corrected chi connectivity index (χ0v) is 16.9. The summed E-state index contributed by atoms with van der Waals surface area (Å²) in [5.74, 6) is 1.59. The standard InChI is InChI=1S/C21H26N2O6/c1-26-17-8-7-13(9-16(17)23-21(25)15(22)12-24)5-6-14-10-18(27-2)20(29-4)19(11-14)28-3/h5-11,15,24H,12,22H2,1-4H3,(H,23,25). The van der Waals surface area contributed by atoms with Gasteiger partial charge in [-0.05, 0) is 35.4 Å². The number of nitrogens with one attached hydrogen (secondary N) is 1. The lowest BCUT2D eigenvalue weighted by Crippen LogP contribution is -2.38. The molecule has 0 spiro atoms. The van der Waals surface area contributed by atoms with E-state index < -0.39 is 18.6 Å². The number of rotatable bonds is 9. The van der Waals surface area contributed by atoms with Gasteiger partial charge in [-0.25, -0.2) is 0 Å². The quantitative estimate of drug-likeness (QED) is 0.551. The van der Waals surface area contributed by atoms with Crippen LogP contribution in [0.1, 0.15) is 11.1 Å². The Labute approximate surface area is 169 Å². The van der Waals surface area contributed by atoms with E-state index in [1.54, 1.807) is 33.5 Å². The molecule has 1 amide bonds. The second-order valence-electron chi connectivity index (χ2n) is 6.03. The Morgan fingerprint density at radius 2 is 1.55 bits per heavy atom. The highest BCUT2D eigenvalue weighted by Gasteiger charge is 2.15. The fourth-order valence-corrected chi connectivity index (χ4v) is 2.63. The van der Waals surface area contributed by atoms with E-state index in [0.29, 0.717) is 28.7 Å². The van der Waals surface area contributed by atoms with Crippen LogP contribution in [-0.4, -0.2) is 52.1 Å². The van der Waals surface area contributed by atoms with Gasteiger partial charge in [-0.1, -0.05) is 18.2 Å². The first-order valence-electron chi connectivity index (χ1n) is 8.80. The number of hydrogen-bond acceptors (Lipinski definition) is 7. The minimum atomic E-state index is -1.02. The second kappa shape index (κ2) is 10.4. The highest BCUT2D eigenvalue weighted by Crippen LogP contribution is 2.38. The Morgan fingerprint density at radius 3 is 2.07 bits per heavy atom. The van der Waals surface area contributed by atoms with E-state index in [1.165, 1.54) is 7.11 Å². The van der Waals surface area contributed by atoms with E-state index in [1.807, 2.05) is 30.4 Å². The maximum Gasteiger partial charge on any atom is 0.243 e. The average Bonchev–Trinajstić information content (AvgIpc) is 2.76. The SMILES string of the molecule is COc1ccc(C=Cc2cc(OC)c(OC)c(OC)c2)cc1NC(=O)C(N)CO. The van der Waals surface area contributed by atoms with E-state index in [4.69, 9.17) is 29.8 Å². The highest BCUT2D eigenvalue weighted by molar-refractivity contribution is 5.96. The van der Waals surface area contributed by atoms with Crippen LogP contribution in [0, 0.1) is 0 Å². The lowest BCUT2D eigenvalue weighted by molar-refractivity contribution is -0.118. The Hall–Kier alpha value is -3.23. The third kappa shape index (κ3) is 5.40. The van der Waals surface area contributed by atoms with Crippen LogP contribution in [-0.2, 0) is 4.79 Å². The zero-order chi connectivity index (χ0) is 21.4. The van der Waals surface area contributed by atoms with Crippen LogP contribution in [0.2, 0.25) is 0 Å². The van der Waals surface area contributed by atoms with Crippen molar-refractivity contribution in [2.75, 3.05) is 40.4 Å². The predicted octanol–water partition coefficient (Wildman–Crippen LogP) is 2.15. The molecule has 0 aliphatic heterocycles. The number of anilines is 1. The third-order valence-electron chi connectivity index (χ3n) is 4.17. The van der Waals surface area contributed by atoms with Crippen molar-refractivity contribution in [3.63, 3.8) is 0 Å². The fourth-order valence-electron chi connectivity index (χ4n) is 2.63. The summed E-state index contributed by atoms with van der Waals surface area (Å²) in [6.45, 7) is -0.450. The molecule has 2 aromatic rings. The van der Waals surface area contributed by atoms with E-state index >= 15 is 0 Å². The third-order valence-corrected chi connectivity index (χ3v) is 4.17. The molecule has 8 nitrogen and oxygen atoms in total. The topological polar surface area (TPSA) is 112 Å². The molecule has 0 heterocycles. The first kappa shape index (κ1) is 22.1. The smallest absolute Gasteiger partial charge is 0.243 e. The zero-order valence-electron chi connectivity index (χ0n) is 16.9. The molecule has 2 rings (SSSR count). The summed E-state index contributed by atoms with van der Waals surface area (Å²) >= 11 is 0. The lowest BCUT2D eigenvalue weighted by Gasteiger charge is -2.14. The van der Waals surface area contributed by atoms with E-state index in [9.17, 15) is 4.79 Å². The van der Waals surface area contributed by atoms with Crippen LogP contribution >= 0.6 is 0 Å². The number of carbonyl (C=O) groups is 1. The first-order valence-corrected chi connectivity index (χ1v) is 8.80. The fraction of sp³-hybridized carbons (Fsp3) is 0.286. The minimum Gasteiger partial charge on any atom is -0.495 e. The predicted molar refractivity (Wildman–Crippen MR) is 112 cm³/mol. The van der Waals surface area contributed by atoms with E-state index in [2.05, 4.69) is 5.32 Å². The maximum atomic E-state index is 12.0. The van der Waals surface area contributed by atoms with E-state index in [0.717, 1.165) is 11.1 Å². The number of amides is 1. The number of aliphatic hydroxyl groups is 1. The molecule has 0 aliphatic carbocycles. The number of ether oxygens (including phenoxy) is 4. The molecule has 0 fully saturated rings. The largest absolute Gasteiger partial charge is 0.495 e. The summed E-state index contributed by atoms with van der Waals surface area (Å²) in [5, 5.41) is 11.7. The van der Waals surface area contributed by atoms with Crippen LogP contribution in [0.5, 0.6) is 23.0 Å². The number of aliphatic hydroxyl groups excluding tert-OH is 1. The number of hydrogen-bond donors (Lipinski definition) is 3. The van der Waals surface area contributed by atoms with Crippen molar-refractivity contribution >= 4 is 23.7 Å². The van der Waals surface area contributed by atoms with Crippen molar-refractivity contribution in [2.45, 2.75) is 6.04 Å². The van der Waals surface area contributed by atoms with Gasteiger partial charge in [0.15, 0.2) is 11.5 Å². The monoisotopic (exact) mass is 402 g/mol. The molecule has 29 heavy (non-hydrogen) atoms. The molecule has 0 saturated carbocycles. The summed E-state index contributed by atoms with van der Waals surface area (Å²) in [4.78, 5) is 12.0. The van der Waals surface area contributed by atoms with Crippen molar-refractivity contribution in [3.8, 4) is 23.0 Å². The minimum absolute atomic E-state index is 0.450. The molecule has 2 aromatic carbocycles. The number of methoxy groups -OCH3 is 4. The van der Waals surface area contributed by atoms with E-state index in [-0.39, 0.29) is 0 Å². The van der Waals surface area contributed by atoms with Gasteiger partial charge in [-0.15, -0.1) is 0 Å². The molecule has 0 aliphatic rings. The summed E-state index contributed by atoms with van der Waals surface area (Å²) in [6.07, 6.45) is 3.74. The Balaban J connectivity index is 2.33. The normalized spacial score (nSPS) is 11.8. The Bertz CT molecular complexity index is 856. The molecule has 1 atom stereocenters. The number of benzene rings is 2. The van der Waals surface area contributed by atoms with Gasteiger partial charge in [-0.3, -0.25) is 4.79 Å². The van der Waals surface area contributed by atoms with Gasteiger partial charge in [0.1, 0.15) is 11.8 Å². The summed E-state index contributed by atoms with van der Waals surface area (Å²) < 4.78 is 21.3. The van der Waals surface area contributed by atoms with Gasteiger partial charge < -0.3 is 35.1 Å². The molecular formula is C21H26N2O6. The first-order chi connectivity index (χ1) is 14.0. The summed E-state index contributed by atoms with van der Waals surface area (Å²) in [6, 6.07) is 7.95. The number of nitrogens with two attached hydrogens (primary N) is 1. The highest BCUT2D eigenvalue weighted by atomic mass is 16.5. The average molecular weight is 402 g/mol. The van der Waals surface area contributed by atoms with Gasteiger partial charge in [0, 0.05) is 0 Å². The van der Waals surface area contributed by atoms with Gasteiger partial charge in [0.2, 0.25) is 11.7 Å². The van der Waals surface area contributed by atoms with Crippen LogP contribution in [0.15, 0.2) is 30.3 Å². The molecule has 0 bridgehead atoms. The molecule has 0 radical (unpaired) electrons. The molecule has 0 saturated heterocycles. The molecule has 0 aromatic heterocycles. The number of carbonyl (C=O) groups excluding carboxylic acids is 1. The van der Waals surface area contributed by atoms with Gasteiger partial charge >= 0.3 is 0 Å². The Kier molecular flexibility index (Phi) is 7.88. The Morgan fingerprint density at radius 1 is 0.966 bits per heavy atom. The second-order valence-corrected chi connectivity index (χ2v) is 6.03. The van der Waals surface area contributed by atoms with Crippen LogP contribution in [0.25, 0.3) is 12.2 Å². The molecule has 4 N–H and O–H groups in total. The molecular weight excluding hydrogens is 376 g/mol. The van der Waals surface area contributed by atoms with Crippen LogP contribution < -0.4 is 30.0 Å². The maximum absolute atomic E-state index is 12.0. The van der Waals surface area contributed by atoms with Crippen molar-refractivity contribution in [3.05, 3.63) is 41.5 Å². The molecule has 1 unspecified atom stereocenters. The summed E-state index contributed by atoms with van der Waals surface area (Å²) in [5.41, 5.74) is 7.66. The van der Waals surface area contributed by atoms with Gasteiger partial charge in [0.25, 0.3) is 0 Å². The van der Waals surface area contributed by atoms with Crippen LogP contribution in [0.4, 0.5) is 5.69 Å². The van der Waals surface area contributed by atoms with Crippen LogP contribution in [0.3, 0.4) is 0 Å². The van der Waals surface area contributed by atoms with Gasteiger partial charge in [-0.2, -0.15) is 0 Å². The molecule has 156 valence electrons. The molecule has 8 heteroatoms. The lowest BCUT2D eigenvalue weighted by atomic mass is 10.1. The van der Waals surface area contributed by atoms with Crippen molar-refractivity contribution < 1.29 is 28.8 Å². The van der Waals surface area contributed by atoms with Crippen molar-refractivity contribution in [2.24, 2.45) is 5.73 Å². The van der Waals surface area contributed by atoms with Crippen molar-refractivity contribution in [1.29, 1.82) is 0 Å². The summed E-state index contributed by atoms with van der Waals surface area (Å²) in [7, 11) is 6.16. The van der Waals surface area contributed by atoms with Crippen molar-refractivity contribution in [1.82, 2.24) is 0 Å².